The Kier molecular flexibility index (Phi) is 1.98. The lowest BCUT2D eigenvalue weighted by Crippen LogP contribution is -2.12. The lowest BCUT2D eigenvalue weighted by Gasteiger charge is -2.15. The summed E-state index contributed by atoms with van der Waals surface area (Å²) in [5.41, 5.74) is 1.08. The third-order valence-electron chi connectivity index (χ3n) is 1.69. The number of carboxylic acids is 1. The molecule has 0 radical (unpaired) electrons. The molecule has 3 nitrogen and oxygen atoms in total. The third kappa shape index (κ3) is 1.53. The van der Waals surface area contributed by atoms with E-state index in [1.807, 2.05) is 24.3 Å². The van der Waals surface area contributed by atoms with Crippen molar-refractivity contribution in [2.24, 2.45) is 0 Å². The minimum absolute atomic E-state index is 0.226. The van der Waals surface area contributed by atoms with E-state index in [1.165, 1.54) is 11.8 Å². The first-order valence-corrected chi connectivity index (χ1v) is 4.61. The zero-order valence-electron chi connectivity index (χ0n) is 6.65. The second kappa shape index (κ2) is 3.14. The molecular formula is C9H7NO2S. The van der Waals surface area contributed by atoms with Crippen molar-refractivity contribution in [2.45, 2.75) is 4.90 Å². The molecule has 0 aliphatic carbocycles. The number of anilines is 1. The minimum Gasteiger partial charge on any atom is -0.477 e. The van der Waals surface area contributed by atoms with Crippen LogP contribution >= 0.6 is 11.8 Å². The third-order valence-corrected chi connectivity index (χ3v) is 2.65. The van der Waals surface area contributed by atoms with Crippen LogP contribution in [0.15, 0.2) is 40.3 Å². The topological polar surface area (TPSA) is 49.3 Å². The quantitative estimate of drug-likeness (QED) is 0.717. The average Bonchev–Trinajstić information content (AvgIpc) is 2.17. The molecule has 0 spiro atoms. The molecule has 66 valence electrons. The van der Waals surface area contributed by atoms with Crippen LogP contribution in [0.3, 0.4) is 0 Å². The van der Waals surface area contributed by atoms with Crippen molar-refractivity contribution in [1.82, 2.24) is 0 Å². The molecular weight excluding hydrogens is 186 g/mol. The van der Waals surface area contributed by atoms with Crippen molar-refractivity contribution in [3.63, 3.8) is 0 Å². The number of aliphatic carboxylic acids is 1. The van der Waals surface area contributed by atoms with Crippen LogP contribution in [0.25, 0.3) is 0 Å². The Balaban J connectivity index is 2.33. The summed E-state index contributed by atoms with van der Waals surface area (Å²) in [7, 11) is 0. The zero-order chi connectivity index (χ0) is 9.26. The van der Waals surface area contributed by atoms with E-state index in [0.717, 1.165) is 10.6 Å². The van der Waals surface area contributed by atoms with Crippen molar-refractivity contribution in [3.8, 4) is 0 Å². The van der Waals surface area contributed by atoms with Crippen LogP contribution in [-0.4, -0.2) is 11.1 Å². The van der Waals surface area contributed by atoms with Gasteiger partial charge in [0.1, 0.15) is 5.70 Å². The van der Waals surface area contributed by atoms with E-state index >= 15 is 0 Å². The standard InChI is InChI=1S/C9H7NO2S/c11-9(12)7-5-13-8-4-2-1-3-6(8)10-7/h1-5,10H,(H,11,12). The minimum atomic E-state index is -0.929. The lowest BCUT2D eigenvalue weighted by atomic mass is 10.3. The number of thioether (sulfide) groups is 1. The van der Waals surface area contributed by atoms with Crippen LogP contribution in [-0.2, 0) is 4.79 Å². The highest BCUT2D eigenvalue weighted by Gasteiger charge is 2.14. The number of nitrogens with one attached hydrogen (secondary N) is 1. The molecule has 2 rings (SSSR count). The van der Waals surface area contributed by atoms with Gasteiger partial charge in [-0.2, -0.15) is 0 Å². The van der Waals surface area contributed by atoms with Crippen LogP contribution in [0.2, 0.25) is 0 Å². The molecule has 13 heavy (non-hydrogen) atoms. The summed E-state index contributed by atoms with van der Waals surface area (Å²) >= 11 is 1.42. The summed E-state index contributed by atoms with van der Waals surface area (Å²) in [6.07, 6.45) is 0. The van der Waals surface area contributed by atoms with Gasteiger partial charge in [0.2, 0.25) is 0 Å². The number of carbonyl (C=O) groups is 1. The molecule has 1 aliphatic heterocycles. The van der Waals surface area contributed by atoms with Gasteiger partial charge in [-0.25, -0.2) is 4.79 Å². The number of benzene rings is 1. The summed E-state index contributed by atoms with van der Waals surface area (Å²) < 4.78 is 0. The summed E-state index contributed by atoms with van der Waals surface area (Å²) in [4.78, 5) is 11.7. The molecule has 1 aromatic carbocycles. The molecule has 0 fully saturated rings. The molecule has 0 amide bonds. The predicted octanol–water partition coefficient (Wildman–Crippen LogP) is 2.13. The smallest absolute Gasteiger partial charge is 0.352 e. The Hall–Kier alpha value is -1.42. The van der Waals surface area contributed by atoms with E-state index in [0.29, 0.717) is 0 Å². The molecule has 1 aromatic rings. The van der Waals surface area contributed by atoms with Crippen LogP contribution in [0.5, 0.6) is 0 Å². The molecule has 1 aliphatic rings. The van der Waals surface area contributed by atoms with Crippen molar-refractivity contribution in [3.05, 3.63) is 35.4 Å². The number of rotatable bonds is 1. The summed E-state index contributed by atoms with van der Waals surface area (Å²) in [6.45, 7) is 0. The van der Waals surface area contributed by atoms with E-state index in [9.17, 15) is 4.79 Å². The highest BCUT2D eigenvalue weighted by Crippen LogP contribution is 2.33. The van der Waals surface area contributed by atoms with Crippen LogP contribution in [0, 0.1) is 0 Å². The number of fused-ring (bicyclic) bond motifs is 1. The molecule has 0 saturated carbocycles. The molecule has 0 saturated heterocycles. The number of hydrogen-bond donors (Lipinski definition) is 2. The number of hydrogen-bond acceptors (Lipinski definition) is 3. The Bertz CT molecular complexity index is 387. The van der Waals surface area contributed by atoms with Crippen molar-refractivity contribution in [2.75, 3.05) is 5.32 Å². The lowest BCUT2D eigenvalue weighted by molar-refractivity contribution is -0.132. The van der Waals surface area contributed by atoms with Crippen molar-refractivity contribution < 1.29 is 9.90 Å². The van der Waals surface area contributed by atoms with Gasteiger partial charge in [0, 0.05) is 10.3 Å². The van der Waals surface area contributed by atoms with E-state index in [2.05, 4.69) is 5.32 Å². The first kappa shape index (κ1) is 8.19. The fourth-order valence-corrected chi connectivity index (χ4v) is 1.88. The largest absolute Gasteiger partial charge is 0.477 e. The van der Waals surface area contributed by atoms with Gasteiger partial charge in [0.05, 0.1) is 5.69 Å². The molecule has 4 heteroatoms. The van der Waals surface area contributed by atoms with Gasteiger partial charge in [0.15, 0.2) is 0 Å². The monoisotopic (exact) mass is 193 g/mol. The summed E-state index contributed by atoms with van der Waals surface area (Å²) in [5.74, 6) is -0.929. The van der Waals surface area contributed by atoms with Gasteiger partial charge in [-0.05, 0) is 12.1 Å². The van der Waals surface area contributed by atoms with Gasteiger partial charge in [-0.1, -0.05) is 23.9 Å². The SMILES string of the molecule is O=C(O)C1=CSc2ccccc2N1. The highest BCUT2D eigenvalue weighted by atomic mass is 32.2. The molecule has 0 atom stereocenters. The van der Waals surface area contributed by atoms with Crippen LogP contribution in [0.1, 0.15) is 0 Å². The molecule has 0 aromatic heterocycles. The Morgan fingerprint density at radius 3 is 2.92 bits per heavy atom. The van der Waals surface area contributed by atoms with Gasteiger partial charge in [0.25, 0.3) is 0 Å². The van der Waals surface area contributed by atoms with Crippen LogP contribution in [0.4, 0.5) is 5.69 Å². The summed E-state index contributed by atoms with van der Waals surface area (Å²) in [5, 5.41) is 13.2. The first-order chi connectivity index (χ1) is 6.27. The second-order valence-electron chi connectivity index (χ2n) is 2.58. The van der Waals surface area contributed by atoms with Gasteiger partial charge >= 0.3 is 5.97 Å². The highest BCUT2D eigenvalue weighted by molar-refractivity contribution is 8.02. The summed E-state index contributed by atoms with van der Waals surface area (Å²) in [6, 6.07) is 7.60. The Labute approximate surface area is 79.5 Å². The van der Waals surface area contributed by atoms with E-state index in [-0.39, 0.29) is 5.70 Å². The zero-order valence-corrected chi connectivity index (χ0v) is 7.47. The maximum Gasteiger partial charge on any atom is 0.352 e. The van der Waals surface area contributed by atoms with E-state index < -0.39 is 5.97 Å². The van der Waals surface area contributed by atoms with Crippen molar-refractivity contribution in [1.29, 1.82) is 0 Å². The van der Waals surface area contributed by atoms with Gasteiger partial charge < -0.3 is 10.4 Å². The first-order valence-electron chi connectivity index (χ1n) is 3.73. The second-order valence-corrected chi connectivity index (χ2v) is 3.49. The molecule has 0 bridgehead atoms. The maximum atomic E-state index is 10.6. The van der Waals surface area contributed by atoms with Crippen molar-refractivity contribution >= 4 is 23.4 Å². The van der Waals surface area contributed by atoms with E-state index in [1.54, 1.807) is 5.41 Å². The van der Waals surface area contributed by atoms with Crippen LogP contribution < -0.4 is 5.32 Å². The van der Waals surface area contributed by atoms with E-state index in [4.69, 9.17) is 5.11 Å². The van der Waals surface area contributed by atoms with Gasteiger partial charge in [-0.3, -0.25) is 0 Å². The molecule has 0 unspecified atom stereocenters. The molecule has 2 N–H and O–H groups in total. The predicted molar refractivity (Wildman–Crippen MR) is 51.6 cm³/mol. The fraction of sp³-hybridized carbons (Fsp3) is 0. The van der Waals surface area contributed by atoms with Gasteiger partial charge in [-0.15, -0.1) is 0 Å². The molecule has 1 heterocycles. The normalized spacial score (nSPS) is 14.0. The Morgan fingerprint density at radius 1 is 1.38 bits per heavy atom. The maximum absolute atomic E-state index is 10.6. The number of para-hydroxylation sites is 1. The number of carboxylic acid groups (broad SMARTS) is 1. The average molecular weight is 193 g/mol. The fourth-order valence-electron chi connectivity index (χ4n) is 1.07. The Morgan fingerprint density at radius 2 is 2.15 bits per heavy atom.